The van der Waals surface area contributed by atoms with Crippen LogP contribution in [-0.2, 0) is 0 Å². The summed E-state index contributed by atoms with van der Waals surface area (Å²) in [5, 5.41) is 26.6. The standard InChI is InChI=1S/C16H15Cl2N3O4/c17-9-1-4-14(22)11(7-9)15(23)21-13-3-2-10(8-12(13)18)19-5-6-20-16(24)25/h1-4,7-8,19-20,22H,5-6H2,(H,21,23)(H,24,25). The molecule has 7 nitrogen and oxygen atoms in total. The molecule has 5 N–H and O–H groups in total. The number of hydrogen-bond donors (Lipinski definition) is 5. The summed E-state index contributed by atoms with van der Waals surface area (Å²) in [5.74, 6) is -0.740. The molecule has 0 saturated heterocycles. The number of phenolic OH excluding ortho intramolecular Hbond substituents is 1. The summed E-state index contributed by atoms with van der Waals surface area (Å²) in [6.07, 6.45) is -1.10. The summed E-state index contributed by atoms with van der Waals surface area (Å²) in [6.45, 7) is 0.615. The van der Waals surface area contributed by atoms with E-state index in [1.54, 1.807) is 18.2 Å². The summed E-state index contributed by atoms with van der Waals surface area (Å²) < 4.78 is 0. The van der Waals surface area contributed by atoms with Crippen molar-refractivity contribution < 1.29 is 19.8 Å². The van der Waals surface area contributed by atoms with Gasteiger partial charge in [0, 0.05) is 23.8 Å². The molecule has 2 amide bonds. The van der Waals surface area contributed by atoms with Crippen molar-refractivity contribution in [3.8, 4) is 5.75 Å². The molecule has 0 unspecified atom stereocenters. The van der Waals surface area contributed by atoms with Crippen LogP contribution in [0.25, 0.3) is 0 Å². The lowest BCUT2D eigenvalue weighted by Crippen LogP contribution is -2.26. The minimum absolute atomic E-state index is 0.0329. The highest BCUT2D eigenvalue weighted by molar-refractivity contribution is 6.34. The number of phenols is 1. The van der Waals surface area contributed by atoms with E-state index in [0.717, 1.165) is 0 Å². The van der Waals surface area contributed by atoms with Gasteiger partial charge in [0.25, 0.3) is 5.91 Å². The fourth-order valence-corrected chi connectivity index (χ4v) is 2.38. The van der Waals surface area contributed by atoms with Crippen LogP contribution in [0.4, 0.5) is 16.2 Å². The minimum Gasteiger partial charge on any atom is -0.507 e. The highest BCUT2D eigenvalue weighted by Crippen LogP contribution is 2.28. The van der Waals surface area contributed by atoms with Gasteiger partial charge in [-0.2, -0.15) is 0 Å². The molecule has 25 heavy (non-hydrogen) atoms. The molecule has 0 radical (unpaired) electrons. The zero-order chi connectivity index (χ0) is 18.4. The summed E-state index contributed by atoms with van der Waals surface area (Å²) in [6, 6.07) is 9.02. The number of anilines is 2. The second-order valence-corrected chi connectivity index (χ2v) is 5.81. The van der Waals surface area contributed by atoms with Gasteiger partial charge in [-0.3, -0.25) is 4.79 Å². The fourth-order valence-electron chi connectivity index (χ4n) is 1.98. The Kier molecular flexibility index (Phi) is 6.32. The summed E-state index contributed by atoms with van der Waals surface area (Å²) in [7, 11) is 0. The smallest absolute Gasteiger partial charge is 0.404 e. The van der Waals surface area contributed by atoms with Crippen LogP contribution >= 0.6 is 23.2 Å². The predicted octanol–water partition coefficient (Wildman–Crippen LogP) is 3.63. The van der Waals surface area contributed by atoms with E-state index < -0.39 is 12.0 Å². The van der Waals surface area contributed by atoms with E-state index >= 15 is 0 Å². The molecule has 2 aromatic rings. The van der Waals surface area contributed by atoms with Crippen molar-refractivity contribution in [2.75, 3.05) is 23.7 Å². The van der Waals surface area contributed by atoms with E-state index in [9.17, 15) is 14.7 Å². The number of aromatic hydroxyl groups is 1. The van der Waals surface area contributed by atoms with Gasteiger partial charge in [-0.25, -0.2) is 4.79 Å². The molecule has 9 heteroatoms. The maximum atomic E-state index is 12.2. The van der Waals surface area contributed by atoms with E-state index in [1.807, 2.05) is 0 Å². The number of halogens is 2. The van der Waals surface area contributed by atoms with Crippen LogP contribution in [0, 0.1) is 0 Å². The Morgan fingerprint density at radius 2 is 1.80 bits per heavy atom. The second kappa shape index (κ2) is 8.46. The zero-order valence-corrected chi connectivity index (χ0v) is 14.4. The quantitative estimate of drug-likeness (QED) is 0.489. The first kappa shape index (κ1) is 18.7. The van der Waals surface area contributed by atoms with Gasteiger partial charge < -0.3 is 26.2 Å². The van der Waals surface area contributed by atoms with Crippen LogP contribution in [0.3, 0.4) is 0 Å². The van der Waals surface area contributed by atoms with Crippen LogP contribution < -0.4 is 16.0 Å². The Balaban J connectivity index is 2.02. The number of rotatable bonds is 6. The number of amides is 2. The summed E-state index contributed by atoms with van der Waals surface area (Å²) in [4.78, 5) is 22.6. The van der Waals surface area contributed by atoms with Gasteiger partial charge in [0.1, 0.15) is 5.75 Å². The van der Waals surface area contributed by atoms with Crippen molar-refractivity contribution in [2.24, 2.45) is 0 Å². The van der Waals surface area contributed by atoms with Crippen molar-refractivity contribution in [1.29, 1.82) is 0 Å². The molecule has 132 valence electrons. The molecule has 2 rings (SSSR count). The zero-order valence-electron chi connectivity index (χ0n) is 12.8. The fraction of sp³-hybridized carbons (Fsp3) is 0.125. The Morgan fingerprint density at radius 3 is 2.48 bits per heavy atom. The Labute approximate surface area is 153 Å². The first-order chi connectivity index (χ1) is 11.9. The molecule has 0 spiro atoms. The first-order valence-corrected chi connectivity index (χ1v) is 7.92. The molecular weight excluding hydrogens is 369 g/mol. The number of nitrogens with one attached hydrogen (secondary N) is 3. The van der Waals surface area contributed by atoms with Crippen LogP contribution in [0.15, 0.2) is 36.4 Å². The lowest BCUT2D eigenvalue weighted by molar-refractivity contribution is 0.102. The molecule has 2 aromatic carbocycles. The van der Waals surface area contributed by atoms with Gasteiger partial charge in [-0.1, -0.05) is 23.2 Å². The SMILES string of the molecule is O=C(O)NCCNc1ccc(NC(=O)c2cc(Cl)ccc2O)c(Cl)c1. The third-order valence-electron chi connectivity index (χ3n) is 3.15. The molecule has 0 bridgehead atoms. The van der Waals surface area contributed by atoms with Gasteiger partial charge in [-0.15, -0.1) is 0 Å². The third kappa shape index (κ3) is 5.44. The normalized spacial score (nSPS) is 10.2. The Morgan fingerprint density at radius 1 is 1.04 bits per heavy atom. The lowest BCUT2D eigenvalue weighted by atomic mass is 10.2. The third-order valence-corrected chi connectivity index (χ3v) is 3.70. The maximum Gasteiger partial charge on any atom is 0.404 e. The number of carbonyl (C=O) groups is 2. The minimum atomic E-state index is -1.10. The van der Waals surface area contributed by atoms with Gasteiger partial charge in [-0.05, 0) is 36.4 Å². The Bertz CT molecular complexity index is 799. The van der Waals surface area contributed by atoms with Crippen LogP contribution in [-0.4, -0.2) is 35.3 Å². The van der Waals surface area contributed by atoms with Gasteiger partial charge in [0.15, 0.2) is 0 Å². The van der Waals surface area contributed by atoms with Crippen LogP contribution in [0.5, 0.6) is 5.75 Å². The van der Waals surface area contributed by atoms with Gasteiger partial charge in [0.05, 0.1) is 16.3 Å². The topological polar surface area (TPSA) is 111 Å². The van der Waals surface area contributed by atoms with E-state index in [4.69, 9.17) is 28.3 Å². The number of hydrogen-bond acceptors (Lipinski definition) is 4. The van der Waals surface area contributed by atoms with Crippen molar-refractivity contribution in [1.82, 2.24) is 5.32 Å². The van der Waals surface area contributed by atoms with Crippen LogP contribution in [0.2, 0.25) is 10.0 Å². The summed E-state index contributed by atoms with van der Waals surface area (Å²) >= 11 is 12.0. The summed E-state index contributed by atoms with van der Waals surface area (Å²) in [5.41, 5.74) is 1.06. The van der Waals surface area contributed by atoms with E-state index in [1.165, 1.54) is 18.2 Å². The molecule has 0 aliphatic carbocycles. The number of carboxylic acid groups (broad SMARTS) is 1. The van der Waals surface area contributed by atoms with Crippen molar-refractivity contribution >= 4 is 46.6 Å². The number of benzene rings is 2. The maximum absolute atomic E-state index is 12.2. The molecule has 0 aromatic heterocycles. The van der Waals surface area contributed by atoms with Crippen LogP contribution in [0.1, 0.15) is 10.4 Å². The van der Waals surface area contributed by atoms with Crippen molar-refractivity contribution in [3.63, 3.8) is 0 Å². The highest BCUT2D eigenvalue weighted by Gasteiger charge is 2.13. The molecule has 0 aliphatic heterocycles. The average molecular weight is 384 g/mol. The van der Waals surface area contributed by atoms with E-state index in [2.05, 4.69) is 16.0 Å². The first-order valence-electron chi connectivity index (χ1n) is 7.17. The molecule has 0 fully saturated rings. The largest absolute Gasteiger partial charge is 0.507 e. The molecule has 0 atom stereocenters. The predicted molar refractivity (Wildman–Crippen MR) is 97.0 cm³/mol. The molecule has 0 saturated carbocycles. The molecule has 0 heterocycles. The molecular formula is C16H15Cl2N3O4. The van der Waals surface area contributed by atoms with E-state index in [0.29, 0.717) is 22.9 Å². The van der Waals surface area contributed by atoms with E-state index in [-0.39, 0.29) is 22.9 Å². The van der Waals surface area contributed by atoms with Gasteiger partial charge >= 0.3 is 6.09 Å². The monoisotopic (exact) mass is 383 g/mol. The van der Waals surface area contributed by atoms with Crippen molar-refractivity contribution in [3.05, 3.63) is 52.0 Å². The second-order valence-electron chi connectivity index (χ2n) is 4.97. The Hall–Kier alpha value is -2.64. The highest BCUT2D eigenvalue weighted by atomic mass is 35.5. The van der Waals surface area contributed by atoms with Gasteiger partial charge in [0.2, 0.25) is 0 Å². The average Bonchev–Trinajstić information content (AvgIpc) is 2.56. The van der Waals surface area contributed by atoms with Crippen molar-refractivity contribution in [2.45, 2.75) is 0 Å². The number of carbonyl (C=O) groups excluding carboxylic acids is 1. The molecule has 0 aliphatic rings. The lowest BCUT2D eigenvalue weighted by Gasteiger charge is -2.11.